The SMILES string of the molecule is CC(=O)C(=N)c1ccncc1NCC(=O)N1CCC[C@H]1C(=O)NC1CC(F)(F)C1. The fourth-order valence-electron chi connectivity index (χ4n) is 3.61. The van der Waals surface area contributed by atoms with E-state index in [-0.39, 0.29) is 31.0 Å². The number of ketones is 1. The predicted octanol–water partition coefficient (Wildman–Crippen LogP) is 1.36. The average molecular weight is 407 g/mol. The van der Waals surface area contributed by atoms with Crippen molar-refractivity contribution in [2.45, 2.75) is 50.6 Å². The molecule has 0 radical (unpaired) electrons. The predicted molar refractivity (Wildman–Crippen MR) is 101 cm³/mol. The van der Waals surface area contributed by atoms with Gasteiger partial charge in [-0.2, -0.15) is 0 Å². The van der Waals surface area contributed by atoms with Crippen LogP contribution in [0.5, 0.6) is 0 Å². The van der Waals surface area contributed by atoms with Gasteiger partial charge in [-0.15, -0.1) is 0 Å². The maximum Gasteiger partial charge on any atom is 0.252 e. The van der Waals surface area contributed by atoms with E-state index in [9.17, 15) is 23.2 Å². The third-order valence-electron chi connectivity index (χ3n) is 5.18. The van der Waals surface area contributed by atoms with Gasteiger partial charge in [0.25, 0.3) is 5.92 Å². The number of nitrogens with one attached hydrogen (secondary N) is 3. The number of amides is 2. The van der Waals surface area contributed by atoms with Crippen LogP contribution in [0.15, 0.2) is 18.5 Å². The molecule has 8 nitrogen and oxygen atoms in total. The van der Waals surface area contributed by atoms with Crippen LogP contribution < -0.4 is 10.6 Å². The first-order valence-corrected chi connectivity index (χ1v) is 9.43. The molecule has 0 unspecified atom stereocenters. The van der Waals surface area contributed by atoms with E-state index in [4.69, 9.17) is 5.41 Å². The summed E-state index contributed by atoms with van der Waals surface area (Å²) in [7, 11) is 0. The Morgan fingerprint density at radius 3 is 2.72 bits per heavy atom. The molecule has 1 atom stereocenters. The van der Waals surface area contributed by atoms with E-state index in [1.54, 1.807) is 0 Å². The molecule has 1 aromatic heterocycles. The number of hydrogen-bond donors (Lipinski definition) is 3. The fourth-order valence-corrected chi connectivity index (χ4v) is 3.61. The lowest BCUT2D eigenvalue weighted by molar-refractivity contribution is -0.140. The van der Waals surface area contributed by atoms with Crippen molar-refractivity contribution in [1.82, 2.24) is 15.2 Å². The number of halogens is 2. The molecule has 156 valence electrons. The number of likely N-dealkylation sites (tertiary alicyclic amines) is 1. The Hall–Kier alpha value is -2.91. The van der Waals surface area contributed by atoms with Crippen molar-refractivity contribution in [2.24, 2.45) is 0 Å². The van der Waals surface area contributed by atoms with E-state index in [0.717, 1.165) is 0 Å². The van der Waals surface area contributed by atoms with E-state index >= 15 is 0 Å². The number of aromatic nitrogens is 1. The molecule has 2 amide bonds. The smallest absolute Gasteiger partial charge is 0.252 e. The molecule has 1 aliphatic heterocycles. The lowest BCUT2D eigenvalue weighted by Gasteiger charge is -2.36. The number of carbonyl (C=O) groups is 3. The molecule has 2 fully saturated rings. The summed E-state index contributed by atoms with van der Waals surface area (Å²) in [6.45, 7) is 1.54. The first-order chi connectivity index (χ1) is 13.7. The third kappa shape index (κ3) is 4.75. The zero-order valence-electron chi connectivity index (χ0n) is 16.0. The van der Waals surface area contributed by atoms with Crippen molar-refractivity contribution in [3.8, 4) is 0 Å². The third-order valence-corrected chi connectivity index (χ3v) is 5.18. The van der Waals surface area contributed by atoms with Gasteiger partial charge in [0.15, 0.2) is 5.78 Å². The second kappa shape index (κ2) is 8.22. The molecule has 0 spiro atoms. The van der Waals surface area contributed by atoms with Crippen molar-refractivity contribution in [3.63, 3.8) is 0 Å². The van der Waals surface area contributed by atoms with Crippen LogP contribution in [0.1, 0.15) is 38.2 Å². The second-order valence-corrected chi connectivity index (χ2v) is 7.42. The van der Waals surface area contributed by atoms with Gasteiger partial charge in [-0.1, -0.05) is 0 Å². The minimum Gasteiger partial charge on any atom is -0.374 e. The maximum atomic E-state index is 13.0. The molecular weight excluding hydrogens is 384 g/mol. The van der Waals surface area contributed by atoms with Gasteiger partial charge < -0.3 is 15.5 Å². The molecular formula is C19H23F2N5O3. The van der Waals surface area contributed by atoms with Gasteiger partial charge in [0.1, 0.15) is 11.8 Å². The van der Waals surface area contributed by atoms with E-state index in [1.165, 1.54) is 30.3 Å². The average Bonchev–Trinajstić information content (AvgIpc) is 3.14. The summed E-state index contributed by atoms with van der Waals surface area (Å²) >= 11 is 0. The van der Waals surface area contributed by atoms with Crippen LogP contribution >= 0.6 is 0 Å². The number of rotatable bonds is 7. The van der Waals surface area contributed by atoms with Gasteiger partial charge >= 0.3 is 0 Å². The van der Waals surface area contributed by atoms with Crippen molar-refractivity contribution >= 4 is 29.0 Å². The van der Waals surface area contributed by atoms with E-state index in [1.807, 2.05) is 0 Å². The standard InChI is InChI=1S/C19H23F2N5O3/c1-11(27)17(22)13-4-5-23-9-14(13)24-10-16(28)26-6-2-3-15(26)18(29)25-12-7-19(20,21)8-12/h4-5,9,12,15,22,24H,2-3,6-8,10H2,1H3,(H,25,29)/t15-/m0/s1. The van der Waals surface area contributed by atoms with Crippen LogP contribution in [-0.2, 0) is 14.4 Å². The molecule has 2 heterocycles. The lowest BCUT2D eigenvalue weighted by Crippen LogP contribution is -2.55. The monoisotopic (exact) mass is 407 g/mol. The molecule has 1 aliphatic carbocycles. The summed E-state index contributed by atoms with van der Waals surface area (Å²) in [6, 6.07) is 0.281. The number of alkyl halides is 2. The number of hydrogen-bond acceptors (Lipinski definition) is 6. The highest BCUT2D eigenvalue weighted by molar-refractivity contribution is 6.45. The highest BCUT2D eigenvalue weighted by Gasteiger charge is 2.47. The molecule has 1 saturated heterocycles. The molecule has 1 aromatic rings. The van der Waals surface area contributed by atoms with Gasteiger partial charge in [-0.3, -0.25) is 24.8 Å². The van der Waals surface area contributed by atoms with Crippen molar-refractivity contribution in [3.05, 3.63) is 24.0 Å². The Labute approximate surface area is 166 Å². The summed E-state index contributed by atoms with van der Waals surface area (Å²) in [4.78, 5) is 41.9. The largest absolute Gasteiger partial charge is 0.374 e. The highest BCUT2D eigenvalue weighted by Crippen LogP contribution is 2.37. The molecule has 3 rings (SSSR count). The Balaban J connectivity index is 1.58. The maximum absolute atomic E-state index is 13.0. The van der Waals surface area contributed by atoms with Gasteiger partial charge in [-0.25, -0.2) is 8.78 Å². The topological polar surface area (TPSA) is 115 Å². The quantitative estimate of drug-likeness (QED) is 0.591. The Bertz CT molecular complexity index is 837. The van der Waals surface area contributed by atoms with Gasteiger partial charge in [0, 0.05) is 44.1 Å². The molecule has 0 bridgehead atoms. The number of Topliss-reactive ketones (excluding diaryl/α,β-unsaturated/α-hetero) is 1. The Kier molecular flexibility index (Phi) is 5.90. The van der Waals surface area contributed by atoms with Crippen LogP contribution in [0, 0.1) is 5.41 Å². The minimum absolute atomic E-state index is 0.144. The number of nitrogens with zero attached hydrogens (tertiary/aromatic N) is 2. The zero-order valence-corrected chi connectivity index (χ0v) is 16.0. The number of anilines is 1. The van der Waals surface area contributed by atoms with Crippen LogP contribution in [-0.4, -0.2) is 64.3 Å². The summed E-state index contributed by atoms with van der Waals surface area (Å²) in [5.74, 6) is -3.87. The molecule has 1 saturated carbocycles. The molecule has 29 heavy (non-hydrogen) atoms. The minimum atomic E-state index is -2.72. The van der Waals surface area contributed by atoms with E-state index in [2.05, 4.69) is 15.6 Å². The van der Waals surface area contributed by atoms with Crippen LogP contribution in [0.3, 0.4) is 0 Å². The van der Waals surface area contributed by atoms with Gasteiger partial charge in [-0.05, 0) is 18.9 Å². The molecule has 10 heteroatoms. The Morgan fingerprint density at radius 1 is 1.34 bits per heavy atom. The van der Waals surface area contributed by atoms with E-state index < -0.39 is 29.7 Å². The highest BCUT2D eigenvalue weighted by atomic mass is 19.3. The fraction of sp³-hybridized carbons (Fsp3) is 0.526. The van der Waals surface area contributed by atoms with Crippen molar-refractivity contribution < 1.29 is 23.2 Å². The molecule has 2 aliphatic rings. The van der Waals surface area contributed by atoms with Crippen LogP contribution in [0.4, 0.5) is 14.5 Å². The normalized spacial score (nSPS) is 20.7. The van der Waals surface area contributed by atoms with Crippen LogP contribution in [0.2, 0.25) is 0 Å². The number of carbonyl (C=O) groups excluding carboxylic acids is 3. The zero-order chi connectivity index (χ0) is 21.2. The number of pyridine rings is 1. The Morgan fingerprint density at radius 2 is 2.07 bits per heavy atom. The van der Waals surface area contributed by atoms with Gasteiger partial charge in [0.05, 0.1) is 18.4 Å². The second-order valence-electron chi connectivity index (χ2n) is 7.42. The molecule has 3 N–H and O–H groups in total. The van der Waals surface area contributed by atoms with Gasteiger partial charge in [0.2, 0.25) is 11.8 Å². The summed E-state index contributed by atoms with van der Waals surface area (Å²) in [5.41, 5.74) is 0.512. The lowest BCUT2D eigenvalue weighted by atomic mass is 9.88. The summed E-state index contributed by atoms with van der Waals surface area (Å²) in [6.07, 6.45) is 3.26. The van der Waals surface area contributed by atoms with E-state index in [0.29, 0.717) is 30.6 Å². The molecule has 0 aromatic carbocycles. The first-order valence-electron chi connectivity index (χ1n) is 9.43. The van der Waals surface area contributed by atoms with Crippen molar-refractivity contribution in [2.75, 3.05) is 18.4 Å². The first kappa shape index (κ1) is 20.8. The summed E-state index contributed by atoms with van der Waals surface area (Å²) in [5, 5.41) is 13.3. The summed E-state index contributed by atoms with van der Waals surface area (Å²) < 4.78 is 25.9. The van der Waals surface area contributed by atoms with Crippen molar-refractivity contribution in [1.29, 1.82) is 5.41 Å². The van der Waals surface area contributed by atoms with Crippen LogP contribution in [0.25, 0.3) is 0 Å².